The van der Waals surface area contributed by atoms with Crippen LogP contribution < -0.4 is 0 Å². The summed E-state index contributed by atoms with van der Waals surface area (Å²) in [6, 6.07) is 10.3. The highest BCUT2D eigenvalue weighted by molar-refractivity contribution is 5.80. The van der Waals surface area contributed by atoms with Crippen molar-refractivity contribution in [3.8, 4) is 0 Å². The largest absolute Gasteiger partial charge is 0.332 e. The molecule has 1 heterocycles. The van der Waals surface area contributed by atoms with Gasteiger partial charge in [0.15, 0.2) is 0 Å². The maximum atomic E-state index is 12.4. The summed E-state index contributed by atoms with van der Waals surface area (Å²) in [5, 5.41) is 0. The van der Waals surface area contributed by atoms with Crippen LogP contribution in [0.15, 0.2) is 30.3 Å². The first kappa shape index (κ1) is 14.1. The molecule has 19 heavy (non-hydrogen) atoms. The Hall–Kier alpha value is -1.31. The average Bonchev–Trinajstić information content (AvgIpc) is 2.73. The number of hydrogen-bond donors (Lipinski definition) is 0. The smallest absolute Gasteiger partial charge is 0.223 e. The summed E-state index contributed by atoms with van der Waals surface area (Å²) in [5.74, 6) is 0.845. The van der Waals surface area contributed by atoms with Crippen LogP contribution in [0.1, 0.15) is 52.0 Å². The molecule has 0 aromatic heterocycles. The highest BCUT2D eigenvalue weighted by atomic mass is 16.2. The van der Waals surface area contributed by atoms with Crippen molar-refractivity contribution in [3.05, 3.63) is 35.9 Å². The van der Waals surface area contributed by atoms with Crippen LogP contribution in [0.4, 0.5) is 0 Å². The average molecular weight is 259 g/mol. The van der Waals surface area contributed by atoms with Crippen molar-refractivity contribution in [2.45, 2.75) is 58.5 Å². The highest BCUT2D eigenvalue weighted by Crippen LogP contribution is 2.43. The normalized spacial score (nSPS) is 21.9. The van der Waals surface area contributed by atoms with Crippen LogP contribution in [-0.2, 0) is 11.3 Å². The maximum absolute atomic E-state index is 12.4. The minimum Gasteiger partial charge on any atom is -0.332 e. The molecule has 2 rings (SSSR count). The van der Waals surface area contributed by atoms with Gasteiger partial charge in [0, 0.05) is 18.5 Å². The van der Waals surface area contributed by atoms with Crippen molar-refractivity contribution in [2.75, 3.05) is 0 Å². The van der Waals surface area contributed by atoms with E-state index in [1.807, 2.05) is 18.2 Å². The van der Waals surface area contributed by atoms with Crippen molar-refractivity contribution in [3.63, 3.8) is 0 Å². The highest BCUT2D eigenvalue weighted by Gasteiger charge is 2.48. The molecule has 0 spiro atoms. The van der Waals surface area contributed by atoms with Crippen LogP contribution in [0.25, 0.3) is 0 Å². The van der Waals surface area contributed by atoms with E-state index in [0.29, 0.717) is 11.8 Å². The lowest BCUT2D eigenvalue weighted by atomic mass is 9.78. The van der Waals surface area contributed by atoms with Gasteiger partial charge in [-0.3, -0.25) is 4.79 Å². The van der Waals surface area contributed by atoms with Crippen LogP contribution >= 0.6 is 0 Å². The van der Waals surface area contributed by atoms with E-state index in [1.54, 1.807) is 0 Å². The Kier molecular flexibility index (Phi) is 4.28. The number of carbonyl (C=O) groups is 1. The minimum atomic E-state index is 0.0711. The van der Waals surface area contributed by atoms with E-state index in [9.17, 15) is 4.79 Å². The van der Waals surface area contributed by atoms with E-state index in [-0.39, 0.29) is 5.54 Å². The molecule has 104 valence electrons. The standard InChI is InChI=1S/C17H25NO/c1-4-15-12-16(19)18(17(15,5-2)6-3)13-14-10-8-7-9-11-14/h7-11,15H,4-6,12-13H2,1-3H3. The molecule has 1 amide bonds. The van der Waals surface area contributed by atoms with E-state index >= 15 is 0 Å². The fourth-order valence-electron chi connectivity index (χ4n) is 3.72. The quantitative estimate of drug-likeness (QED) is 0.782. The van der Waals surface area contributed by atoms with Gasteiger partial charge in [0.2, 0.25) is 5.91 Å². The summed E-state index contributed by atoms with van der Waals surface area (Å²) < 4.78 is 0. The molecule has 1 fully saturated rings. The first-order valence-electron chi connectivity index (χ1n) is 7.52. The fraction of sp³-hybridized carbons (Fsp3) is 0.588. The Morgan fingerprint density at radius 2 is 1.79 bits per heavy atom. The van der Waals surface area contributed by atoms with Gasteiger partial charge < -0.3 is 4.90 Å². The molecule has 2 heteroatoms. The monoisotopic (exact) mass is 259 g/mol. The van der Waals surface area contributed by atoms with Gasteiger partial charge in [0.1, 0.15) is 0 Å². The second kappa shape index (κ2) is 5.77. The Balaban J connectivity index is 2.28. The van der Waals surface area contributed by atoms with Crippen molar-refractivity contribution in [1.29, 1.82) is 0 Å². The van der Waals surface area contributed by atoms with Gasteiger partial charge in [-0.05, 0) is 24.3 Å². The summed E-state index contributed by atoms with van der Waals surface area (Å²) in [5.41, 5.74) is 1.31. The molecule has 0 saturated carbocycles. The Morgan fingerprint density at radius 1 is 1.16 bits per heavy atom. The Labute approximate surface area is 116 Å². The second-order valence-electron chi connectivity index (χ2n) is 5.59. The van der Waals surface area contributed by atoms with Gasteiger partial charge in [0.05, 0.1) is 0 Å². The third kappa shape index (κ3) is 2.41. The number of hydrogen-bond acceptors (Lipinski definition) is 1. The summed E-state index contributed by atoms with van der Waals surface area (Å²) in [6.45, 7) is 7.42. The number of rotatable bonds is 5. The zero-order chi connectivity index (χ0) is 13.9. The van der Waals surface area contributed by atoms with Crippen LogP contribution in [0, 0.1) is 5.92 Å². The third-order valence-corrected chi connectivity index (χ3v) is 4.92. The molecule has 2 nitrogen and oxygen atoms in total. The lowest BCUT2D eigenvalue weighted by Gasteiger charge is -2.41. The fourth-order valence-corrected chi connectivity index (χ4v) is 3.72. The zero-order valence-electron chi connectivity index (χ0n) is 12.4. The minimum absolute atomic E-state index is 0.0711. The van der Waals surface area contributed by atoms with Gasteiger partial charge in [-0.25, -0.2) is 0 Å². The molecule has 1 aromatic carbocycles. The summed E-state index contributed by atoms with van der Waals surface area (Å²) in [6.07, 6.45) is 3.94. The van der Waals surface area contributed by atoms with E-state index < -0.39 is 0 Å². The summed E-state index contributed by atoms with van der Waals surface area (Å²) in [4.78, 5) is 14.6. The molecule has 1 aromatic rings. The van der Waals surface area contributed by atoms with Crippen LogP contribution in [0.5, 0.6) is 0 Å². The van der Waals surface area contributed by atoms with Crippen molar-refractivity contribution >= 4 is 5.91 Å². The molecule has 0 bridgehead atoms. The number of benzene rings is 1. The summed E-state index contributed by atoms with van der Waals surface area (Å²) >= 11 is 0. The molecular weight excluding hydrogens is 234 g/mol. The molecule has 1 saturated heterocycles. The number of nitrogens with zero attached hydrogens (tertiary/aromatic N) is 1. The lowest BCUT2D eigenvalue weighted by Crippen LogP contribution is -2.47. The summed E-state index contributed by atoms with van der Waals surface area (Å²) in [7, 11) is 0. The number of carbonyl (C=O) groups excluding carboxylic acids is 1. The van der Waals surface area contributed by atoms with Crippen molar-refractivity contribution < 1.29 is 4.79 Å². The zero-order valence-corrected chi connectivity index (χ0v) is 12.4. The third-order valence-electron chi connectivity index (χ3n) is 4.92. The molecule has 1 aliphatic rings. The number of likely N-dealkylation sites (tertiary alicyclic amines) is 1. The molecule has 0 radical (unpaired) electrons. The number of amides is 1. The maximum Gasteiger partial charge on any atom is 0.223 e. The van der Waals surface area contributed by atoms with E-state index in [2.05, 4.69) is 37.8 Å². The first-order chi connectivity index (χ1) is 9.17. The molecule has 0 N–H and O–H groups in total. The van der Waals surface area contributed by atoms with E-state index in [4.69, 9.17) is 0 Å². The molecule has 1 aliphatic heterocycles. The molecule has 0 aliphatic carbocycles. The predicted molar refractivity (Wildman–Crippen MR) is 78.7 cm³/mol. The molecular formula is C17H25NO. The Bertz CT molecular complexity index is 422. The second-order valence-corrected chi connectivity index (χ2v) is 5.59. The lowest BCUT2D eigenvalue weighted by molar-refractivity contribution is -0.132. The van der Waals surface area contributed by atoms with Gasteiger partial charge in [-0.15, -0.1) is 0 Å². The van der Waals surface area contributed by atoms with E-state index in [1.165, 1.54) is 5.56 Å². The molecule has 1 unspecified atom stereocenters. The topological polar surface area (TPSA) is 20.3 Å². The molecule has 1 atom stereocenters. The van der Waals surface area contributed by atoms with E-state index in [0.717, 1.165) is 32.2 Å². The SMILES string of the molecule is CCC1CC(=O)N(Cc2ccccc2)C1(CC)CC. The first-order valence-corrected chi connectivity index (χ1v) is 7.52. The van der Waals surface area contributed by atoms with Gasteiger partial charge in [-0.1, -0.05) is 57.5 Å². The Morgan fingerprint density at radius 3 is 2.32 bits per heavy atom. The van der Waals surface area contributed by atoms with Gasteiger partial charge in [-0.2, -0.15) is 0 Å². The van der Waals surface area contributed by atoms with Crippen LogP contribution in [0.3, 0.4) is 0 Å². The van der Waals surface area contributed by atoms with Gasteiger partial charge >= 0.3 is 0 Å². The van der Waals surface area contributed by atoms with Gasteiger partial charge in [0.25, 0.3) is 0 Å². The van der Waals surface area contributed by atoms with Crippen molar-refractivity contribution in [1.82, 2.24) is 4.90 Å². The van der Waals surface area contributed by atoms with Crippen LogP contribution in [-0.4, -0.2) is 16.3 Å². The van der Waals surface area contributed by atoms with Crippen LogP contribution in [0.2, 0.25) is 0 Å². The van der Waals surface area contributed by atoms with Crippen molar-refractivity contribution in [2.24, 2.45) is 5.92 Å². The predicted octanol–water partition coefficient (Wildman–Crippen LogP) is 4.00.